The van der Waals surface area contributed by atoms with Crippen molar-refractivity contribution >= 4 is 11.6 Å². The van der Waals surface area contributed by atoms with E-state index in [1.54, 1.807) is 6.33 Å². The highest BCUT2D eigenvalue weighted by molar-refractivity contribution is 5.57. The number of nitrogens with zero attached hydrogens (tertiary/aromatic N) is 3. The molecule has 3 saturated heterocycles. The van der Waals surface area contributed by atoms with E-state index in [-0.39, 0.29) is 0 Å². The molecule has 0 radical (unpaired) electrons. The number of hydrogen-bond donors (Lipinski definition) is 3. The van der Waals surface area contributed by atoms with E-state index in [9.17, 15) is 0 Å². The van der Waals surface area contributed by atoms with Crippen LogP contribution in [0.15, 0.2) is 6.33 Å². The highest BCUT2D eigenvalue weighted by Crippen LogP contribution is 2.31. The predicted molar refractivity (Wildman–Crippen MR) is 80.4 cm³/mol. The van der Waals surface area contributed by atoms with Crippen molar-refractivity contribution in [1.82, 2.24) is 14.9 Å². The molecule has 4 N–H and O–H groups in total. The molecule has 0 aromatic carbocycles. The lowest BCUT2D eigenvalue weighted by molar-refractivity contribution is 0.0973. The zero-order valence-corrected chi connectivity index (χ0v) is 12.1. The number of fused-ring (bicyclic) bond motifs is 3. The Hall–Kier alpha value is -1.40. The van der Waals surface area contributed by atoms with Crippen LogP contribution in [0.25, 0.3) is 0 Å². The molecule has 1 unspecified atom stereocenters. The van der Waals surface area contributed by atoms with Crippen molar-refractivity contribution in [3.8, 4) is 0 Å². The van der Waals surface area contributed by atoms with Gasteiger partial charge in [0.2, 0.25) is 0 Å². The van der Waals surface area contributed by atoms with E-state index in [1.807, 2.05) is 0 Å². The van der Waals surface area contributed by atoms with Gasteiger partial charge in [0.05, 0.1) is 0 Å². The van der Waals surface area contributed by atoms with Crippen LogP contribution in [0.1, 0.15) is 31.7 Å². The summed E-state index contributed by atoms with van der Waals surface area (Å²) in [6.45, 7) is 5.80. The molecule has 0 amide bonds. The van der Waals surface area contributed by atoms with Gasteiger partial charge >= 0.3 is 0 Å². The van der Waals surface area contributed by atoms with Gasteiger partial charge in [-0.1, -0.05) is 13.3 Å². The van der Waals surface area contributed by atoms with Gasteiger partial charge < -0.3 is 15.6 Å². The number of nitrogen functional groups attached to an aromatic ring is 1. The van der Waals surface area contributed by atoms with Crippen LogP contribution in [0.4, 0.5) is 11.6 Å². The first-order valence-electron chi connectivity index (χ1n) is 7.61. The smallest absolute Gasteiger partial charge is 0.148 e. The predicted octanol–water partition coefficient (Wildman–Crippen LogP) is 1.22. The summed E-state index contributed by atoms with van der Waals surface area (Å²) in [6, 6.07) is 0.508. The summed E-state index contributed by atoms with van der Waals surface area (Å²) in [5, 5.41) is 3.65. The molecule has 2 bridgehead atoms. The van der Waals surface area contributed by atoms with Gasteiger partial charge in [0.1, 0.15) is 18.0 Å². The van der Waals surface area contributed by atoms with Crippen LogP contribution in [-0.4, -0.2) is 40.5 Å². The average Bonchev–Trinajstić information content (AvgIpc) is 2.50. The van der Waals surface area contributed by atoms with Crippen LogP contribution >= 0.6 is 0 Å². The Bertz CT molecular complexity index is 455. The molecule has 3 aliphatic heterocycles. The zero-order valence-electron chi connectivity index (χ0n) is 12.1. The van der Waals surface area contributed by atoms with Gasteiger partial charge in [-0.25, -0.2) is 15.8 Å². The summed E-state index contributed by atoms with van der Waals surface area (Å²) >= 11 is 0. The summed E-state index contributed by atoms with van der Waals surface area (Å²) in [5.41, 5.74) is 3.80. The quantitative estimate of drug-likeness (QED) is 0.554. The third-order valence-corrected chi connectivity index (χ3v) is 4.56. The van der Waals surface area contributed by atoms with Crippen molar-refractivity contribution in [2.24, 2.45) is 11.8 Å². The molecule has 1 aromatic rings. The second-order valence-electron chi connectivity index (χ2n) is 5.83. The second kappa shape index (κ2) is 5.93. The van der Waals surface area contributed by atoms with Crippen LogP contribution in [0.2, 0.25) is 0 Å². The molecule has 0 saturated carbocycles. The maximum Gasteiger partial charge on any atom is 0.148 e. The fourth-order valence-electron chi connectivity index (χ4n) is 3.45. The molecule has 6 heteroatoms. The topological polar surface area (TPSA) is 79.1 Å². The molecule has 1 atom stereocenters. The number of aromatic nitrogens is 2. The lowest BCUT2D eigenvalue weighted by Gasteiger charge is -2.45. The minimum Gasteiger partial charge on any atom is -0.365 e. The van der Waals surface area contributed by atoms with Crippen LogP contribution in [0, 0.1) is 5.92 Å². The highest BCUT2D eigenvalue weighted by Gasteiger charge is 2.34. The first-order valence-corrected chi connectivity index (χ1v) is 7.61. The summed E-state index contributed by atoms with van der Waals surface area (Å²) < 4.78 is 0. The van der Waals surface area contributed by atoms with Crippen molar-refractivity contribution < 1.29 is 0 Å². The molecule has 3 aliphatic rings. The van der Waals surface area contributed by atoms with E-state index < -0.39 is 0 Å². The average molecular weight is 276 g/mol. The molecule has 0 spiro atoms. The minimum absolute atomic E-state index is 0.508. The molecule has 6 nitrogen and oxygen atoms in total. The first kappa shape index (κ1) is 13.6. The SMILES string of the molecule is CCCc1c(NN)ncnc1NC1CN2CCC1CC2. The number of nitrogens with one attached hydrogen (secondary N) is 2. The summed E-state index contributed by atoms with van der Waals surface area (Å²) in [4.78, 5) is 11.2. The molecular weight excluding hydrogens is 252 g/mol. The van der Waals surface area contributed by atoms with Crippen molar-refractivity contribution in [2.75, 3.05) is 30.4 Å². The van der Waals surface area contributed by atoms with Crippen LogP contribution < -0.4 is 16.6 Å². The fourth-order valence-corrected chi connectivity index (χ4v) is 3.45. The molecule has 3 fully saturated rings. The Balaban J connectivity index is 1.79. The number of rotatable bonds is 5. The largest absolute Gasteiger partial charge is 0.365 e. The van der Waals surface area contributed by atoms with Gasteiger partial charge in [0, 0.05) is 18.2 Å². The third kappa shape index (κ3) is 2.58. The monoisotopic (exact) mass is 276 g/mol. The Morgan fingerprint density at radius 2 is 2.05 bits per heavy atom. The van der Waals surface area contributed by atoms with Gasteiger partial charge in [0.15, 0.2) is 0 Å². The molecular formula is C14H24N6. The Morgan fingerprint density at radius 3 is 2.65 bits per heavy atom. The molecule has 110 valence electrons. The van der Waals surface area contributed by atoms with Crippen molar-refractivity contribution in [1.29, 1.82) is 0 Å². The maximum atomic E-state index is 5.57. The van der Waals surface area contributed by atoms with E-state index in [0.29, 0.717) is 6.04 Å². The van der Waals surface area contributed by atoms with Gasteiger partial charge in [-0.3, -0.25) is 0 Å². The number of hydrogen-bond acceptors (Lipinski definition) is 6. The lowest BCUT2D eigenvalue weighted by Crippen LogP contribution is -2.53. The number of anilines is 2. The second-order valence-corrected chi connectivity index (χ2v) is 5.83. The molecule has 20 heavy (non-hydrogen) atoms. The number of hydrazine groups is 1. The Labute approximate surface area is 120 Å². The summed E-state index contributed by atoms with van der Waals surface area (Å²) in [5.74, 6) is 8.04. The van der Waals surface area contributed by atoms with E-state index in [2.05, 4.69) is 32.5 Å². The van der Waals surface area contributed by atoms with E-state index in [4.69, 9.17) is 5.84 Å². The third-order valence-electron chi connectivity index (χ3n) is 4.56. The number of nitrogens with two attached hydrogens (primary N) is 1. The molecule has 4 heterocycles. The molecule has 0 aliphatic carbocycles. The fraction of sp³-hybridized carbons (Fsp3) is 0.714. The highest BCUT2D eigenvalue weighted by atomic mass is 15.3. The van der Waals surface area contributed by atoms with Crippen LogP contribution in [-0.2, 0) is 6.42 Å². The normalized spacial score (nSPS) is 28.4. The lowest BCUT2D eigenvalue weighted by atomic mass is 9.84. The number of piperidine rings is 3. The summed E-state index contributed by atoms with van der Waals surface area (Å²) in [7, 11) is 0. The Morgan fingerprint density at radius 1 is 1.30 bits per heavy atom. The van der Waals surface area contributed by atoms with Crippen molar-refractivity contribution in [3.05, 3.63) is 11.9 Å². The van der Waals surface area contributed by atoms with E-state index in [0.717, 1.165) is 42.5 Å². The molecule has 4 rings (SSSR count). The van der Waals surface area contributed by atoms with Crippen molar-refractivity contribution in [3.63, 3.8) is 0 Å². The van der Waals surface area contributed by atoms with Crippen molar-refractivity contribution in [2.45, 2.75) is 38.6 Å². The summed E-state index contributed by atoms with van der Waals surface area (Å²) in [6.07, 6.45) is 6.17. The van der Waals surface area contributed by atoms with Crippen LogP contribution in [0.3, 0.4) is 0 Å². The molecule has 1 aromatic heterocycles. The standard InChI is InChI=1S/C14H24N6/c1-2-3-11-13(16-9-17-14(11)19-15)18-12-8-20-6-4-10(12)5-7-20/h9-10,12H,2-8,15H2,1H3,(H2,16,17,18,19). The van der Waals surface area contributed by atoms with Gasteiger partial charge in [-0.05, 0) is 38.3 Å². The Kier molecular flexibility index (Phi) is 4.03. The minimum atomic E-state index is 0.508. The first-order chi connectivity index (χ1) is 9.81. The zero-order chi connectivity index (χ0) is 13.9. The van der Waals surface area contributed by atoms with Crippen LogP contribution in [0.5, 0.6) is 0 Å². The van der Waals surface area contributed by atoms with E-state index >= 15 is 0 Å². The van der Waals surface area contributed by atoms with Gasteiger partial charge in [0.25, 0.3) is 0 Å². The van der Waals surface area contributed by atoms with Gasteiger partial charge in [-0.15, -0.1) is 0 Å². The van der Waals surface area contributed by atoms with Gasteiger partial charge in [-0.2, -0.15) is 0 Å². The van der Waals surface area contributed by atoms with E-state index in [1.165, 1.54) is 25.9 Å². The maximum absolute atomic E-state index is 5.57.